The van der Waals surface area contributed by atoms with E-state index in [9.17, 15) is 14.4 Å². The second-order valence-electron chi connectivity index (χ2n) is 8.88. The summed E-state index contributed by atoms with van der Waals surface area (Å²) in [5.74, 6) is 1.23. The van der Waals surface area contributed by atoms with E-state index in [2.05, 4.69) is 28.1 Å². The molecule has 2 aromatic rings. The number of Topliss-reactive ketones (excluding diaryl/α,β-unsaturated/α-hetero) is 1. The van der Waals surface area contributed by atoms with Gasteiger partial charge in [0.25, 0.3) is 0 Å². The molecule has 2 amide bonds. The Labute approximate surface area is 188 Å². The molecule has 0 N–H and O–H groups in total. The van der Waals surface area contributed by atoms with E-state index in [4.69, 9.17) is 4.74 Å². The van der Waals surface area contributed by atoms with Crippen molar-refractivity contribution in [1.29, 1.82) is 0 Å². The van der Waals surface area contributed by atoms with Gasteiger partial charge in [0, 0.05) is 16.1 Å². The monoisotopic (exact) mass is 477 g/mol. The number of benzene rings is 2. The van der Waals surface area contributed by atoms with Crippen molar-refractivity contribution in [2.45, 2.75) is 6.42 Å². The van der Waals surface area contributed by atoms with Crippen LogP contribution in [0.4, 0.5) is 5.69 Å². The van der Waals surface area contributed by atoms with Crippen molar-refractivity contribution in [3.63, 3.8) is 0 Å². The van der Waals surface area contributed by atoms with Crippen molar-refractivity contribution in [2.24, 2.45) is 35.5 Å². The molecule has 1 saturated heterocycles. The molecule has 2 saturated carbocycles. The summed E-state index contributed by atoms with van der Waals surface area (Å²) in [5, 5.41) is 0. The first kappa shape index (κ1) is 19.0. The molecule has 31 heavy (non-hydrogen) atoms. The first-order valence-corrected chi connectivity index (χ1v) is 11.4. The topological polar surface area (TPSA) is 63.7 Å². The van der Waals surface area contributed by atoms with Crippen molar-refractivity contribution >= 4 is 39.2 Å². The predicted molar refractivity (Wildman–Crippen MR) is 118 cm³/mol. The highest BCUT2D eigenvalue weighted by Gasteiger charge is 2.67. The fourth-order valence-corrected chi connectivity index (χ4v) is 6.06. The van der Waals surface area contributed by atoms with Crippen molar-refractivity contribution < 1.29 is 19.1 Å². The van der Waals surface area contributed by atoms with Gasteiger partial charge < -0.3 is 4.74 Å². The van der Waals surface area contributed by atoms with Crippen LogP contribution in [-0.2, 0) is 9.59 Å². The lowest BCUT2D eigenvalue weighted by atomic mass is 9.63. The first-order chi connectivity index (χ1) is 15.0. The van der Waals surface area contributed by atoms with E-state index < -0.39 is 0 Å². The number of carbonyl (C=O) groups is 3. The summed E-state index contributed by atoms with van der Waals surface area (Å²) in [5.41, 5.74) is 1.08. The Bertz CT molecular complexity index is 1100. The zero-order chi connectivity index (χ0) is 21.3. The van der Waals surface area contributed by atoms with Gasteiger partial charge in [-0.2, -0.15) is 0 Å². The Hall–Kier alpha value is -2.73. The zero-order valence-corrected chi connectivity index (χ0v) is 18.2. The van der Waals surface area contributed by atoms with Gasteiger partial charge in [-0.15, -0.1) is 0 Å². The number of amides is 2. The summed E-state index contributed by atoms with van der Waals surface area (Å²) in [6.45, 7) is -0.115. The van der Waals surface area contributed by atoms with Crippen LogP contribution in [0.15, 0.2) is 65.2 Å². The lowest BCUT2D eigenvalue weighted by Gasteiger charge is -2.37. The Morgan fingerprint density at radius 1 is 0.968 bits per heavy atom. The van der Waals surface area contributed by atoms with E-state index in [0.29, 0.717) is 28.8 Å². The summed E-state index contributed by atoms with van der Waals surface area (Å²) in [7, 11) is 0. The summed E-state index contributed by atoms with van der Waals surface area (Å²) >= 11 is 3.35. The molecule has 4 aliphatic carbocycles. The lowest BCUT2D eigenvalue weighted by molar-refractivity contribution is -0.124. The second kappa shape index (κ2) is 6.89. The van der Waals surface area contributed by atoms with E-state index in [1.807, 2.05) is 12.1 Å². The van der Waals surface area contributed by atoms with Gasteiger partial charge >= 0.3 is 0 Å². The number of imide groups is 1. The number of ether oxygens (including phenoxy) is 1. The number of nitrogens with zero attached hydrogens (tertiary/aromatic N) is 1. The summed E-state index contributed by atoms with van der Waals surface area (Å²) in [6.07, 6.45) is 5.48. The van der Waals surface area contributed by atoms with Gasteiger partial charge in [0.2, 0.25) is 11.8 Å². The fourth-order valence-electron chi connectivity index (χ4n) is 5.79. The lowest BCUT2D eigenvalue weighted by Crippen LogP contribution is -2.40. The van der Waals surface area contributed by atoms with Crippen molar-refractivity contribution in [1.82, 2.24) is 0 Å². The second-order valence-corrected chi connectivity index (χ2v) is 9.80. The van der Waals surface area contributed by atoms with Crippen molar-refractivity contribution in [3.05, 3.63) is 70.7 Å². The normalized spacial score (nSPS) is 32.1. The Balaban J connectivity index is 1.20. The van der Waals surface area contributed by atoms with Crippen LogP contribution in [0.3, 0.4) is 0 Å². The van der Waals surface area contributed by atoms with Crippen molar-refractivity contribution in [2.75, 3.05) is 11.5 Å². The van der Waals surface area contributed by atoms with Gasteiger partial charge in [-0.05, 0) is 54.4 Å². The van der Waals surface area contributed by atoms with Crippen LogP contribution in [0.25, 0.3) is 0 Å². The summed E-state index contributed by atoms with van der Waals surface area (Å²) < 4.78 is 6.60. The molecule has 0 aromatic heterocycles. The highest BCUT2D eigenvalue weighted by molar-refractivity contribution is 9.10. The Morgan fingerprint density at radius 3 is 2.26 bits per heavy atom. The van der Waals surface area contributed by atoms with Crippen LogP contribution in [0, 0.1) is 35.5 Å². The molecule has 6 atom stereocenters. The number of hydrogen-bond donors (Lipinski definition) is 0. The molecule has 7 rings (SSSR count). The molecule has 0 radical (unpaired) electrons. The quantitative estimate of drug-likeness (QED) is 0.366. The van der Waals surface area contributed by atoms with Crippen LogP contribution < -0.4 is 9.64 Å². The largest absolute Gasteiger partial charge is 0.485 e. The van der Waals surface area contributed by atoms with Gasteiger partial charge in [-0.3, -0.25) is 14.4 Å². The minimum absolute atomic E-state index is 0.0946. The number of allylic oxidation sites excluding steroid dienone is 2. The number of hydrogen-bond acceptors (Lipinski definition) is 4. The molecule has 1 aliphatic heterocycles. The van der Waals surface area contributed by atoms with Gasteiger partial charge in [0.1, 0.15) is 5.75 Å². The molecule has 2 bridgehead atoms. The van der Waals surface area contributed by atoms with E-state index >= 15 is 0 Å². The average Bonchev–Trinajstić information content (AvgIpc) is 3.56. The number of carbonyl (C=O) groups excluding carboxylic acids is 3. The standard InChI is InChI=1S/C25H20BrNO4/c26-14-6-4-13(5-7-14)21(28)12-31-16-3-1-2-15(10-16)27-24(29)22-17-8-9-18(20-11-19(17)20)23(22)25(27)30/h1-10,17-20,22-23H,11-12H2/t17-,18-,19-,20+,22-,23+/m0/s1. The zero-order valence-electron chi connectivity index (χ0n) is 16.6. The van der Waals surface area contributed by atoms with Crippen LogP contribution in [0.2, 0.25) is 0 Å². The molecule has 156 valence electrons. The average molecular weight is 478 g/mol. The third-order valence-electron chi connectivity index (χ3n) is 7.27. The maximum atomic E-state index is 13.3. The van der Waals surface area contributed by atoms with Gasteiger partial charge in [0.05, 0.1) is 17.5 Å². The molecule has 6 heteroatoms. The Morgan fingerprint density at radius 2 is 1.61 bits per heavy atom. The molecule has 0 spiro atoms. The van der Waals surface area contributed by atoms with E-state index in [1.165, 1.54) is 4.90 Å². The third-order valence-corrected chi connectivity index (χ3v) is 7.80. The number of ketones is 1. The maximum absolute atomic E-state index is 13.3. The first-order valence-electron chi connectivity index (χ1n) is 10.6. The SMILES string of the molecule is O=C(COc1cccc(N2C(=O)[C@@H]3[C@H]4C=C[C@@H]([C@@H]5C[C@H]45)[C@@H]3C2=O)c1)c1ccc(Br)cc1. The minimum Gasteiger partial charge on any atom is -0.485 e. The maximum Gasteiger partial charge on any atom is 0.238 e. The fraction of sp³-hybridized carbons (Fsp3) is 0.320. The molecule has 1 heterocycles. The van der Waals surface area contributed by atoms with E-state index in [1.54, 1.807) is 36.4 Å². The van der Waals surface area contributed by atoms with E-state index in [-0.39, 0.29) is 47.9 Å². The van der Waals surface area contributed by atoms with Crippen molar-refractivity contribution in [3.8, 4) is 5.75 Å². The van der Waals surface area contributed by atoms with E-state index in [0.717, 1.165) is 10.9 Å². The smallest absolute Gasteiger partial charge is 0.238 e. The number of halogens is 1. The molecular weight excluding hydrogens is 458 g/mol. The molecule has 0 unspecified atom stereocenters. The van der Waals surface area contributed by atoms with Crippen LogP contribution in [-0.4, -0.2) is 24.2 Å². The van der Waals surface area contributed by atoms with Crippen LogP contribution >= 0.6 is 15.9 Å². The van der Waals surface area contributed by atoms with Crippen LogP contribution in [0.5, 0.6) is 5.75 Å². The number of anilines is 1. The molecule has 2 aromatic carbocycles. The van der Waals surface area contributed by atoms with Gasteiger partial charge in [-0.25, -0.2) is 4.90 Å². The minimum atomic E-state index is -0.227. The third kappa shape index (κ3) is 2.92. The summed E-state index contributed by atoms with van der Waals surface area (Å²) in [4.78, 5) is 40.3. The Kier molecular flexibility index (Phi) is 4.22. The summed E-state index contributed by atoms with van der Waals surface area (Å²) in [6, 6.07) is 14.0. The van der Waals surface area contributed by atoms with Crippen LogP contribution in [0.1, 0.15) is 16.8 Å². The number of rotatable bonds is 5. The highest BCUT2D eigenvalue weighted by atomic mass is 79.9. The van der Waals surface area contributed by atoms with Gasteiger partial charge in [-0.1, -0.05) is 46.3 Å². The molecule has 5 aliphatic rings. The highest BCUT2D eigenvalue weighted by Crippen LogP contribution is 2.65. The molecule has 5 nitrogen and oxygen atoms in total. The molecular formula is C25H20BrNO4. The van der Waals surface area contributed by atoms with Gasteiger partial charge in [0.15, 0.2) is 12.4 Å². The predicted octanol–water partition coefficient (Wildman–Crippen LogP) is 4.27. The molecule has 3 fully saturated rings.